The van der Waals surface area contributed by atoms with Crippen LogP contribution in [0.15, 0.2) is 52.4 Å². The Kier molecular flexibility index (Phi) is 7.28. The van der Waals surface area contributed by atoms with Gasteiger partial charge in [-0.25, -0.2) is 9.37 Å². The van der Waals surface area contributed by atoms with Crippen LogP contribution in [0, 0.1) is 5.82 Å². The fourth-order valence-corrected chi connectivity index (χ4v) is 3.86. The summed E-state index contributed by atoms with van der Waals surface area (Å²) in [5.74, 6) is -0.582. The lowest BCUT2D eigenvalue weighted by molar-refractivity contribution is -0.118. The third-order valence-corrected chi connectivity index (χ3v) is 5.57. The van der Waals surface area contributed by atoms with Crippen LogP contribution in [-0.2, 0) is 4.79 Å². The molecule has 0 fully saturated rings. The van der Waals surface area contributed by atoms with E-state index >= 15 is 0 Å². The molecule has 1 N–H and O–H groups in total. The fourth-order valence-electron chi connectivity index (χ4n) is 2.84. The number of rotatable bonds is 8. The molecule has 0 atom stereocenters. The van der Waals surface area contributed by atoms with Gasteiger partial charge in [-0.15, -0.1) is 0 Å². The van der Waals surface area contributed by atoms with Crippen molar-refractivity contribution in [1.29, 1.82) is 0 Å². The molecular formula is C21H21ClFN3O2S. The molecule has 5 nitrogen and oxygen atoms in total. The number of aromatic nitrogens is 2. The smallest absolute Gasteiger partial charge is 0.266 e. The SMILES string of the molecule is CCCCCNC(=O)CSc1nc2ccccc2c(=O)n1-c1ccc(F)c(Cl)c1. The lowest BCUT2D eigenvalue weighted by Gasteiger charge is -2.13. The Morgan fingerprint density at radius 2 is 2.03 bits per heavy atom. The second-order valence-electron chi connectivity index (χ2n) is 6.50. The van der Waals surface area contributed by atoms with Gasteiger partial charge in [0.2, 0.25) is 5.91 Å². The van der Waals surface area contributed by atoms with Gasteiger partial charge in [0.25, 0.3) is 5.56 Å². The van der Waals surface area contributed by atoms with Crippen molar-refractivity contribution in [2.45, 2.75) is 31.3 Å². The number of carbonyl (C=O) groups is 1. The van der Waals surface area contributed by atoms with Crippen LogP contribution in [0.5, 0.6) is 0 Å². The minimum atomic E-state index is -0.571. The first-order valence-corrected chi connectivity index (χ1v) is 10.7. The number of amides is 1. The van der Waals surface area contributed by atoms with Gasteiger partial charge in [0.15, 0.2) is 5.16 Å². The summed E-state index contributed by atoms with van der Waals surface area (Å²) in [7, 11) is 0. The second-order valence-corrected chi connectivity index (χ2v) is 7.85. The number of nitrogens with one attached hydrogen (secondary N) is 1. The molecule has 3 aromatic rings. The van der Waals surface area contributed by atoms with Crippen LogP contribution in [0.25, 0.3) is 16.6 Å². The number of hydrogen-bond donors (Lipinski definition) is 1. The monoisotopic (exact) mass is 433 g/mol. The molecule has 2 aromatic carbocycles. The molecule has 0 aliphatic heterocycles. The number of benzene rings is 2. The summed E-state index contributed by atoms with van der Waals surface area (Å²) in [4.78, 5) is 29.8. The maximum Gasteiger partial charge on any atom is 0.266 e. The van der Waals surface area contributed by atoms with Crippen molar-refractivity contribution < 1.29 is 9.18 Å². The molecule has 0 saturated heterocycles. The Morgan fingerprint density at radius 3 is 2.79 bits per heavy atom. The molecule has 0 saturated carbocycles. The second kappa shape index (κ2) is 9.89. The standard InChI is InChI=1S/C21H21ClFN3O2S/c1-2-3-6-11-24-19(27)13-29-21-25-18-8-5-4-7-15(18)20(28)26(21)14-9-10-17(23)16(22)12-14/h4-5,7-10,12H,2-3,6,11,13H2,1H3,(H,24,27). The molecule has 0 aliphatic rings. The zero-order valence-corrected chi connectivity index (χ0v) is 17.5. The molecule has 0 spiro atoms. The van der Waals surface area contributed by atoms with E-state index in [1.54, 1.807) is 24.3 Å². The topological polar surface area (TPSA) is 64.0 Å². The molecule has 0 bridgehead atoms. The predicted molar refractivity (Wildman–Crippen MR) is 116 cm³/mol. The van der Waals surface area contributed by atoms with Crippen LogP contribution in [-0.4, -0.2) is 27.8 Å². The summed E-state index contributed by atoms with van der Waals surface area (Å²) < 4.78 is 15.0. The van der Waals surface area contributed by atoms with Crippen LogP contribution in [0.1, 0.15) is 26.2 Å². The summed E-state index contributed by atoms with van der Waals surface area (Å²) in [5.41, 5.74) is 0.627. The van der Waals surface area contributed by atoms with Crippen LogP contribution >= 0.6 is 23.4 Å². The van der Waals surface area contributed by atoms with Gasteiger partial charge >= 0.3 is 0 Å². The number of hydrogen-bond acceptors (Lipinski definition) is 4. The maximum absolute atomic E-state index is 13.6. The number of carbonyl (C=O) groups excluding carboxylic acids is 1. The van der Waals surface area contributed by atoms with Crippen LogP contribution in [0.2, 0.25) is 5.02 Å². The zero-order chi connectivity index (χ0) is 20.8. The van der Waals surface area contributed by atoms with E-state index in [0.717, 1.165) is 31.0 Å². The number of nitrogens with zero attached hydrogens (tertiary/aromatic N) is 2. The Bertz CT molecular complexity index is 1090. The summed E-state index contributed by atoms with van der Waals surface area (Å²) in [6.07, 6.45) is 3.07. The summed E-state index contributed by atoms with van der Waals surface area (Å²) in [5, 5.41) is 3.56. The highest BCUT2D eigenvalue weighted by atomic mass is 35.5. The fraction of sp³-hybridized carbons (Fsp3) is 0.286. The van der Waals surface area contributed by atoms with Gasteiger partial charge in [-0.3, -0.25) is 14.2 Å². The largest absolute Gasteiger partial charge is 0.355 e. The third kappa shape index (κ3) is 5.16. The normalized spacial score (nSPS) is 11.0. The Morgan fingerprint density at radius 1 is 1.24 bits per heavy atom. The highest BCUT2D eigenvalue weighted by Gasteiger charge is 2.15. The van der Waals surface area contributed by atoms with Crippen molar-refractivity contribution in [2.24, 2.45) is 0 Å². The molecule has 0 unspecified atom stereocenters. The Balaban J connectivity index is 1.93. The Hall–Kier alpha value is -2.38. The molecule has 0 radical (unpaired) electrons. The average molecular weight is 434 g/mol. The number of unbranched alkanes of at least 4 members (excludes halogenated alkanes) is 2. The number of thioether (sulfide) groups is 1. The van der Waals surface area contributed by atoms with Crippen molar-refractivity contribution in [3.63, 3.8) is 0 Å². The molecular weight excluding hydrogens is 413 g/mol. The molecule has 3 rings (SSSR count). The van der Waals surface area contributed by atoms with Gasteiger partial charge in [0.05, 0.1) is 27.4 Å². The van der Waals surface area contributed by atoms with Crippen LogP contribution < -0.4 is 10.9 Å². The molecule has 1 heterocycles. The molecule has 8 heteroatoms. The van der Waals surface area contributed by atoms with Crippen molar-refractivity contribution in [3.05, 3.63) is 63.7 Å². The van der Waals surface area contributed by atoms with Gasteiger partial charge in [0, 0.05) is 6.54 Å². The lowest BCUT2D eigenvalue weighted by atomic mass is 10.2. The molecule has 1 amide bonds. The van der Waals surface area contributed by atoms with Crippen LogP contribution in [0.4, 0.5) is 4.39 Å². The van der Waals surface area contributed by atoms with Gasteiger partial charge in [-0.05, 0) is 36.8 Å². The number of para-hydroxylation sites is 1. The zero-order valence-electron chi connectivity index (χ0n) is 16.0. The molecule has 29 heavy (non-hydrogen) atoms. The first kappa shape index (κ1) is 21.3. The summed E-state index contributed by atoms with van der Waals surface area (Å²) in [6, 6.07) is 11.0. The highest BCUT2D eigenvalue weighted by molar-refractivity contribution is 7.99. The summed E-state index contributed by atoms with van der Waals surface area (Å²) >= 11 is 7.07. The van der Waals surface area contributed by atoms with E-state index in [-0.39, 0.29) is 22.2 Å². The first-order chi connectivity index (χ1) is 14.0. The van der Waals surface area contributed by atoms with Crippen molar-refractivity contribution in [1.82, 2.24) is 14.9 Å². The van der Waals surface area contributed by atoms with Crippen molar-refractivity contribution in [2.75, 3.05) is 12.3 Å². The van der Waals surface area contributed by atoms with E-state index in [1.807, 2.05) is 0 Å². The van der Waals surface area contributed by atoms with Gasteiger partial charge in [-0.1, -0.05) is 55.3 Å². The maximum atomic E-state index is 13.6. The predicted octanol–water partition coefficient (Wildman–Crippen LogP) is 4.58. The molecule has 1 aromatic heterocycles. The minimum Gasteiger partial charge on any atom is -0.355 e. The molecule has 152 valence electrons. The van der Waals surface area contributed by atoms with Crippen LogP contribution in [0.3, 0.4) is 0 Å². The van der Waals surface area contributed by atoms with Crippen molar-refractivity contribution in [3.8, 4) is 5.69 Å². The van der Waals surface area contributed by atoms with E-state index in [2.05, 4.69) is 17.2 Å². The minimum absolute atomic E-state index is 0.0906. The van der Waals surface area contributed by atoms with Gasteiger partial charge < -0.3 is 5.32 Å². The average Bonchev–Trinajstić information content (AvgIpc) is 2.72. The van der Waals surface area contributed by atoms with Crippen molar-refractivity contribution >= 4 is 40.2 Å². The lowest BCUT2D eigenvalue weighted by Crippen LogP contribution is -2.27. The van der Waals surface area contributed by atoms with Gasteiger partial charge in [0.1, 0.15) is 5.82 Å². The van der Waals surface area contributed by atoms with E-state index < -0.39 is 5.82 Å². The quantitative estimate of drug-likeness (QED) is 0.321. The van der Waals surface area contributed by atoms with E-state index in [9.17, 15) is 14.0 Å². The van der Waals surface area contributed by atoms with E-state index in [0.29, 0.717) is 28.3 Å². The van der Waals surface area contributed by atoms with E-state index in [4.69, 9.17) is 11.6 Å². The Labute approximate surface area is 177 Å². The van der Waals surface area contributed by atoms with Gasteiger partial charge in [-0.2, -0.15) is 0 Å². The first-order valence-electron chi connectivity index (χ1n) is 9.38. The summed E-state index contributed by atoms with van der Waals surface area (Å²) in [6.45, 7) is 2.72. The number of halogens is 2. The van der Waals surface area contributed by atoms with E-state index in [1.165, 1.54) is 22.8 Å². The number of fused-ring (bicyclic) bond motifs is 1. The third-order valence-electron chi connectivity index (χ3n) is 4.34. The molecule has 0 aliphatic carbocycles. The highest BCUT2D eigenvalue weighted by Crippen LogP contribution is 2.24.